The Bertz CT molecular complexity index is 1560. The van der Waals surface area contributed by atoms with Gasteiger partial charge in [0.1, 0.15) is 22.7 Å². The van der Waals surface area contributed by atoms with Crippen LogP contribution >= 0.6 is 11.6 Å². The van der Waals surface area contributed by atoms with Crippen molar-refractivity contribution in [2.24, 2.45) is 5.41 Å². The first kappa shape index (κ1) is 28.7. The van der Waals surface area contributed by atoms with Gasteiger partial charge in [-0.15, -0.1) is 10.2 Å². The van der Waals surface area contributed by atoms with Gasteiger partial charge in [0.2, 0.25) is 0 Å². The summed E-state index contributed by atoms with van der Waals surface area (Å²) < 4.78 is 57.3. The molecule has 0 atom stereocenters. The van der Waals surface area contributed by atoms with E-state index in [4.69, 9.17) is 11.6 Å². The number of hydrogen-bond donors (Lipinski definition) is 1. The predicted octanol–water partition coefficient (Wildman–Crippen LogP) is 6.96. The number of amides is 3. The third-order valence-corrected chi connectivity index (χ3v) is 7.30. The number of pyridine rings is 1. The maximum absolute atomic E-state index is 15.3. The summed E-state index contributed by atoms with van der Waals surface area (Å²) >= 11 is 5.91. The molecule has 1 aliphatic carbocycles. The van der Waals surface area contributed by atoms with Gasteiger partial charge in [0.25, 0.3) is 17.7 Å². The fourth-order valence-electron chi connectivity index (χ4n) is 4.77. The van der Waals surface area contributed by atoms with Gasteiger partial charge in [-0.3, -0.25) is 19.4 Å². The maximum Gasteiger partial charge on any atom is 0.274 e. The van der Waals surface area contributed by atoms with Crippen molar-refractivity contribution in [3.8, 4) is 0 Å². The molecule has 4 aromatic rings. The first-order valence-corrected chi connectivity index (χ1v) is 13.0. The summed E-state index contributed by atoms with van der Waals surface area (Å²) in [5, 5.41) is 2.43. The normalized spacial score (nSPS) is 14.0. The van der Waals surface area contributed by atoms with Crippen molar-refractivity contribution >= 4 is 46.4 Å². The van der Waals surface area contributed by atoms with Crippen LogP contribution in [0.4, 0.5) is 34.8 Å². The monoisotopic (exact) mass is 596 g/mol. The molecule has 0 radical (unpaired) electrons. The van der Waals surface area contributed by atoms with Gasteiger partial charge >= 0.3 is 0 Å². The van der Waals surface area contributed by atoms with Gasteiger partial charge in [0.15, 0.2) is 0 Å². The van der Waals surface area contributed by atoms with E-state index in [1.807, 2.05) is 0 Å². The molecule has 12 heteroatoms. The Labute approximate surface area is 242 Å². The van der Waals surface area contributed by atoms with E-state index in [1.165, 1.54) is 18.3 Å². The quantitative estimate of drug-likeness (QED) is 0.142. The van der Waals surface area contributed by atoms with E-state index in [2.05, 4.69) is 10.3 Å². The van der Waals surface area contributed by atoms with Gasteiger partial charge in [-0.25, -0.2) is 8.78 Å². The topological polar surface area (TPSA) is 82.6 Å². The second-order valence-electron chi connectivity index (χ2n) is 9.75. The molecule has 0 aliphatic heterocycles. The summed E-state index contributed by atoms with van der Waals surface area (Å²) in [5.41, 5.74) is -1.61. The molecule has 0 spiro atoms. The number of nitrogens with one attached hydrogen (secondary N) is 1. The maximum atomic E-state index is 15.3. The highest BCUT2D eigenvalue weighted by Gasteiger charge is 2.60. The lowest BCUT2D eigenvalue weighted by Gasteiger charge is -2.46. The lowest BCUT2D eigenvalue weighted by molar-refractivity contribution is -0.151. The van der Waals surface area contributed by atoms with Crippen LogP contribution < -0.4 is 15.6 Å². The number of rotatable bonds is 7. The summed E-state index contributed by atoms with van der Waals surface area (Å²) in [5.74, 6) is -4.90. The minimum Gasteiger partial charge on any atom is -0.321 e. The first-order valence-electron chi connectivity index (χ1n) is 12.6. The fraction of sp³-hybridized carbons (Fsp3) is 0.133. The SMILES string of the molecule is O=C(Nc1ccc(C2CC(C(=O)N(F)c3ccc(F)cc3)(C(=O)N(F)c3ccc(F)cc3)C2)cc1)c1cc(Cl)ccn1. The molecular weight excluding hydrogens is 576 g/mol. The van der Waals surface area contributed by atoms with Crippen molar-refractivity contribution in [1.82, 2.24) is 4.98 Å². The average molecular weight is 597 g/mol. The van der Waals surface area contributed by atoms with Gasteiger partial charge in [-0.1, -0.05) is 32.7 Å². The molecule has 3 amide bonds. The number of carbonyl (C=O) groups is 3. The smallest absolute Gasteiger partial charge is 0.274 e. The number of anilines is 3. The van der Waals surface area contributed by atoms with Gasteiger partial charge < -0.3 is 5.32 Å². The second kappa shape index (κ2) is 11.6. The molecule has 42 heavy (non-hydrogen) atoms. The van der Waals surface area contributed by atoms with Crippen LogP contribution in [0.1, 0.15) is 34.8 Å². The van der Waals surface area contributed by atoms with Crippen LogP contribution in [0.2, 0.25) is 5.02 Å². The fourth-order valence-corrected chi connectivity index (χ4v) is 4.93. The summed E-state index contributed by atoms with van der Waals surface area (Å²) in [6, 6.07) is 17.3. The van der Waals surface area contributed by atoms with Crippen molar-refractivity contribution in [1.29, 1.82) is 0 Å². The number of benzene rings is 3. The van der Waals surface area contributed by atoms with Gasteiger partial charge in [-0.05, 0) is 97.1 Å². The Morgan fingerprint density at radius 2 is 1.29 bits per heavy atom. The summed E-state index contributed by atoms with van der Waals surface area (Å²) in [6.45, 7) is 0. The zero-order valence-corrected chi connectivity index (χ0v) is 22.4. The van der Waals surface area contributed by atoms with Crippen molar-refractivity contribution in [3.63, 3.8) is 0 Å². The van der Waals surface area contributed by atoms with E-state index < -0.39 is 40.7 Å². The van der Waals surface area contributed by atoms with Gasteiger partial charge in [-0.2, -0.15) is 0 Å². The average Bonchev–Trinajstić information content (AvgIpc) is 2.97. The Balaban J connectivity index is 1.36. The van der Waals surface area contributed by atoms with E-state index in [0.717, 1.165) is 48.5 Å². The third-order valence-electron chi connectivity index (χ3n) is 7.07. The highest BCUT2D eigenvalue weighted by Crippen LogP contribution is 2.54. The molecule has 5 rings (SSSR count). The van der Waals surface area contributed by atoms with Crippen LogP contribution in [0, 0.1) is 17.0 Å². The Kier molecular flexibility index (Phi) is 7.95. The van der Waals surface area contributed by atoms with Gasteiger partial charge in [0, 0.05) is 16.9 Å². The van der Waals surface area contributed by atoms with Crippen LogP contribution in [0.25, 0.3) is 0 Å². The lowest BCUT2D eigenvalue weighted by Crippen LogP contribution is -2.57. The summed E-state index contributed by atoms with van der Waals surface area (Å²) in [4.78, 5) is 43.2. The number of hydrogen-bond acceptors (Lipinski definition) is 4. The lowest BCUT2D eigenvalue weighted by atomic mass is 9.58. The van der Waals surface area contributed by atoms with E-state index in [1.54, 1.807) is 24.3 Å². The van der Waals surface area contributed by atoms with Crippen LogP contribution in [0.5, 0.6) is 0 Å². The predicted molar refractivity (Wildman–Crippen MR) is 148 cm³/mol. The van der Waals surface area contributed by atoms with Crippen molar-refractivity contribution in [3.05, 3.63) is 119 Å². The van der Waals surface area contributed by atoms with E-state index in [-0.39, 0.29) is 40.2 Å². The van der Waals surface area contributed by atoms with Gasteiger partial charge in [0.05, 0.1) is 11.4 Å². The Morgan fingerprint density at radius 3 is 1.76 bits per heavy atom. The zero-order valence-electron chi connectivity index (χ0n) is 21.6. The largest absolute Gasteiger partial charge is 0.321 e. The molecule has 1 heterocycles. The molecule has 0 saturated heterocycles. The number of halogens is 5. The van der Waals surface area contributed by atoms with Crippen LogP contribution in [0.15, 0.2) is 91.1 Å². The molecular formula is C30H21ClF4N4O3. The minimum absolute atomic E-state index is 0.112. The molecule has 1 aromatic heterocycles. The standard InChI is InChI=1S/C30H21ClF4N4O3/c31-20-13-14-36-26(15-20)27(40)37-23-7-1-18(2-8-23)19-16-30(17-19,28(41)38(34)24-9-3-21(32)4-10-24)29(42)39(35)25-11-5-22(33)6-12-25/h1-15,19H,16-17H2,(H,37,40). The van der Waals surface area contributed by atoms with Crippen molar-refractivity contribution in [2.45, 2.75) is 18.8 Å². The molecule has 3 aromatic carbocycles. The van der Waals surface area contributed by atoms with Crippen LogP contribution in [0.3, 0.4) is 0 Å². The molecule has 1 aliphatic rings. The minimum atomic E-state index is -2.14. The number of carbonyl (C=O) groups excluding carboxylic acids is 3. The molecule has 7 nitrogen and oxygen atoms in total. The Morgan fingerprint density at radius 1 is 0.786 bits per heavy atom. The number of nitrogens with zero attached hydrogens (tertiary/aromatic N) is 3. The third kappa shape index (κ3) is 5.68. The highest BCUT2D eigenvalue weighted by atomic mass is 35.5. The van der Waals surface area contributed by atoms with E-state index >= 15 is 8.96 Å². The molecule has 1 saturated carbocycles. The van der Waals surface area contributed by atoms with Crippen molar-refractivity contribution in [2.75, 3.05) is 15.6 Å². The summed E-state index contributed by atoms with van der Waals surface area (Å²) in [7, 11) is 0. The Hall–Kier alpha value is -4.77. The van der Waals surface area contributed by atoms with Crippen LogP contribution in [-0.4, -0.2) is 22.7 Å². The molecule has 0 unspecified atom stereocenters. The van der Waals surface area contributed by atoms with Crippen LogP contribution in [-0.2, 0) is 9.59 Å². The molecule has 214 valence electrons. The van der Waals surface area contributed by atoms with E-state index in [9.17, 15) is 23.2 Å². The highest BCUT2D eigenvalue weighted by molar-refractivity contribution is 6.31. The molecule has 1 N–H and O–H groups in total. The second-order valence-corrected chi connectivity index (χ2v) is 10.2. The van der Waals surface area contributed by atoms with Crippen molar-refractivity contribution < 1.29 is 32.1 Å². The molecule has 1 fully saturated rings. The van der Waals surface area contributed by atoms with E-state index in [0.29, 0.717) is 16.3 Å². The number of aromatic nitrogens is 1. The zero-order chi connectivity index (χ0) is 30.0. The summed E-state index contributed by atoms with van der Waals surface area (Å²) in [6.07, 6.45) is 0.910. The first-order chi connectivity index (χ1) is 20.1. The molecule has 0 bridgehead atoms.